The summed E-state index contributed by atoms with van der Waals surface area (Å²) < 4.78 is 0. The highest BCUT2D eigenvalue weighted by Gasteiger charge is 2.26. The molecule has 0 saturated heterocycles. The Morgan fingerprint density at radius 2 is 1.83 bits per heavy atom. The van der Waals surface area contributed by atoms with E-state index in [-0.39, 0.29) is 11.8 Å². The molecule has 0 fully saturated rings. The first-order chi connectivity index (χ1) is 14.4. The molecule has 0 unspecified atom stereocenters. The molecule has 30 heavy (non-hydrogen) atoms. The van der Waals surface area contributed by atoms with Gasteiger partial charge in [-0.15, -0.1) is 11.8 Å². The summed E-state index contributed by atoms with van der Waals surface area (Å²) in [7, 11) is 0. The maximum Gasteiger partial charge on any atom is 0.242 e. The number of nitrogens with zero attached hydrogens (tertiary/aromatic N) is 1. The lowest BCUT2D eigenvalue weighted by Gasteiger charge is -2.29. The van der Waals surface area contributed by atoms with Gasteiger partial charge < -0.3 is 10.2 Å². The van der Waals surface area contributed by atoms with E-state index in [1.54, 1.807) is 16.7 Å². The van der Waals surface area contributed by atoms with Crippen LogP contribution in [-0.2, 0) is 16.1 Å². The van der Waals surface area contributed by atoms with E-state index in [0.29, 0.717) is 30.3 Å². The molecule has 2 aromatic rings. The van der Waals surface area contributed by atoms with Crippen LogP contribution in [0.1, 0.15) is 44.2 Å². The summed E-state index contributed by atoms with van der Waals surface area (Å²) in [4.78, 5) is 28.5. The number of rotatable bonds is 11. The fraction of sp³-hybridized carbons (Fsp3) is 0.417. The third-order valence-corrected chi connectivity index (χ3v) is 6.26. The number of nitrogens with one attached hydrogen (secondary N) is 1. The highest BCUT2D eigenvalue weighted by atomic mass is 35.5. The van der Waals surface area contributed by atoms with Gasteiger partial charge in [-0.25, -0.2) is 0 Å². The van der Waals surface area contributed by atoms with Crippen LogP contribution in [0.3, 0.4) is 0 Å². The Hall–Kier alpha value is -1.98. The molecule has 4 nitrogen and oxygen atoms in total. The van der Waals surface area contributed by atoms with Gasteiger partial charge in [0.05, 0.1) is 0 Å². The van der Waals surface area contributed by atoms with Gasteiger partial charge in [0.2, 0.25) is 11.8 Å². The zero-order chi connectivity index (χ0) is 21.9. The van der Waals surface area contributed by atoms with E-state index in [1.165, 1.54) is 0 Å². The number of amides is 2. The van der Waals surface area contributed by atoms with Gasteiger partial charge in [0.15, 0.2) is 0 Å². The zero-order valence-electron chi connectivity index (χ0n) is 18.0. The first-order valence-electron chi connectivity index (χ1n) is 10.4. The van der Waals surface area contributed by atoms with Crippen molar-refractivity contribution in [2.75, 3.05) is 12.3 Å². The summed E-state index contributed by atoms with van der Waals surface area (Å²) in [6.45, 7) is 6.99. The number of halogens is 1. The standard InChI is InChI=1S/C24H31ClN2O2S/c1-4-5-15-26-24(29)19(3)27(17-20-9-7-6-8-18(20)2)23(28)14-16-30-22-12-10-21(25)11-13-22/h6-13,19H,4-5,14-17H2,1-3H3,(H,26,29)/t19-/m1/s1. The van der Waals surface area contributed by atoms with Crippen LogP contribution in [0.4, 0.5) is 0 Å². The van der Waals surface area contributed by atoms with Gasteiger partial charge >= 0.3 is 0 Å². The van der Waals surface area contributed by atoms with Crippen LogP contribution in [0.5, 0.6) is 0 Å². The van der Waals surface area contributed by atoms with E-state index in [4.69, 9.17) is 11.6 Å². The lowest BCUT2D eigenvalue weighted by atomic mass is 10.1. The number of benzene rings is 2. The van der Waals surface area contributed by atoms with Crippen molar-refractivity contribution < 1.29 is 9.59 Å². The van der Waals surface area contributed by atoms with E-state index in [2.05, 4.69) is 12.2 Å². The minimum absolute atomic E-state index is 0.0159. The molecule has 162 valence electrons. The van der Waals surface area contributed by atoms with Crippen LogP contribution in [0.2, 0.25) is 5.02 Å². The van der Waals surface area contributed by atoms with Crippen molar-refractivity contribution in [3.63, 3.8) is 0 Å². The minimum Gasteiger partial charge on any atom is -0.354 e. The van der Waals surface area contributed by atoms with Crippen molar-refractivity contribution in [3.8, 4) is 0 Å². The topological polar surface area (TPSA) is 49.4 Å². The molecule has 2 rings (SSSR count). The lowest BCUT2D eigenvalue weighted by Crippen LogP contribution is -2.48. The smallest absolute Gasteiger partial charge is 0.242 e. The third kappa shape index (κ3) is 7.69. The molecular formula is C24H31ClN2O2S. The number of hydrogen-bond acceptors (Lipinski definition) is 3. The van der Waals surface area contributed by atoms with Crippen LogP contribution in [-0.4, -0.2) is 35.1 Å². The Balaban J connectivity index is 2.04. The quantitative estimate of drug-likeness (QED) is 0.368. The second kappa shape index (κ2) is 12.7. The summed E-state index contributed by atoms with van der Waals surface area (Å²) in [6, 6.07) is 15.1. The highest BCUT2D eigenvalue weighted by molar-refractivity contribution is 7.99. The maximum absolute atomic E-state index is 13.1. The SMILES string of the molecule is CCCCNC(=O)[C@@H](C)N(Cc1ccccc1C)C(=O)CCSc1ccc(Cl)cc1. The molecule has 2 aromatic carbocycles. The van der Waals surface area contributed by atoms with Gasteiger partial charge in [-0.2, -0.15) is 0 Å². The molecule has 2 amide bonds. The Kier molecular flexibility index (Phi) is 10.2. The number of aryl methyl sites for hydroxylation is 1. The number of thioether (sulfide) groups is 1. The number of unbranched alkanes of at least 4 members (excludes halogenated alkanes) is 1. The number of hydrogen-bond donors (Lipinski definition) is 1. The zero-order valence-corrected chi connectivity index (χ0v) is 19.6. The van der Waals surface area contributed by atoms with Gasteiger partial charge in [-0.1, -0.05) is 49.2 Å². The first kappa shape index (κ1) is 24.3. The number of carbonyl (C=O) groups is 2. The second-order valence-electron chi connectivity index (χ2n) is 7.32. The molecule has 0 radical (unpaired) electrons. The van der Waals surface area contributed by atoms with Crippen LogP contribution >= 0.6 is 23.4 Å². The Bertz CT molecular complexity index is 826. The Morgan fingerprint density at radius 1 is 1.13 bits per heavy atom. The fourth-order valence-electron chi connectivity index (χ4n) is 3.02. The molecule has 6 heteroatoms. The maximum atomic E-state index is 13.1. The molecule has 0 aromatic heterocycles. The average molecular weight is 447 g/mol. The summed E-state index contributed by atoms with van der Waals surface area (Å²) in [5, 5.41) is 3.65. The molecule has 0 spiro atoms. The normalized spacial score (nSPS) is 11.7. The predicted octanol–water partition coefficient (Wildman–Crippen LogP) is 5.46. The average Bonchev–Trinajstić information content (AvgIpc) is 2.74. The molecule has 0 aliphatic carbocycles. The Labute approximate surface area is 189 Å². The van der Waals surface area contributed by atoms with Crippen molar-refractivity contribution in [3.05, 3.63) is 64.7 Å². The van der Waals surface area contributed by atoms with Crippen LogP contribution in [0, 0.1) is 6.92 Å². The van der Waals surface area contributed by atoms with Gasteiger partial charge in [0.1, 0.15) is 6.04 Å². The summed E-state index contributed by atoms with van der Waals surface area (Å²) in [5.41, 5.74) is 2.17. The van der Waals surface area contributed by atoms with E-state index < -0.39 is 6.04 Å². The number of carbonyl (C=O) groups excluding carboxylic acids is 2. The van der Waals surface area contributed by atoms with Crippen molar-refractivity contribution >= 4 is 35.2 Å². The van der Waals surface area contributed by atoms with Crippen LogP contribution < -0.4 is 5.32 Å². The molecule has 0 heterocycles. The second-order valence-corrected chi connectivity index (χ2v) is 8.93. The molecule has 0 bridgehead atoms. The monoisotopic (exact) mass is 446 g/mol. The summed E-state index contributed by atoms with van der Waals surface area (Å²) >= 11 is 7.54. The molecular weight excluding hydrogens is 416 g/mol. The van der Waals surface area contributed by atoms with Gasteiger partial charge in [-0.05, 0) is 55.7 Å². The molecule has 0 saturated carbocycles. The van der Waals surface area contributed by atoms with Gasteiger partial charge in [0.25, 0.3) is 0 Å². The van der Waals surface area contributed by atoms with Gasteiger partial charge in [-0.3, -0.25) is 9.59 Å². The van der Waals surface area contributed by atoms with E-state index in [9.17, 15) is 9.59 Å². The van der Waals surface area contributed by atoms with Crippen molar-refractivity contribution in [2.24, 2.45) is 0 Å². The van der Waals surface area contributed by atoms with E-state index in [1.807, 2.05) is 62.4 Å². The summed E-state index contributed by atoms with van der Waals surface area (Å²) in [6.07, 6.45) is 2.32. The predicted molar refractivity (Wildman–Crippen MR) is 126 cm³/mol. The van der Waals surface area contributed by atoms with Crippen molar-refractivity contribution in [2.45, 2.75) is 57.5 Å². The Morgan fingerprint density at radius 3 is 2.50 bits per heavy atom. The minimum atomic E-state index is -0.519. The first-order valence-corrected chi connectivity index (χ1v) is 11.8. The van der Waals surface area contributed by atoms with Crippen LogP contribution in [0.15, 0.2) is 53.4 Å². The third-order valence-electron chi connectivity index (χ3n) is 5.00. The lowest BCUT2D eigenvalue weighted by molar-refractivity contribution is -0.140. The fourth-order valence-corrected chi connectivity index (χ4v) is 3.99. The van der Waals surface area contributed by atoms with Crippen LogP contribution in [0.25, 0.3) is 0 Å². The van der Waals surface area contributed by atoms with Crippen molar-refractivity contribution in [1.29, 1.82) is 0 Å². The molecule has 0 aliphatic heterocycles. The molecule has 1 N–H and O–H groups in total. The van der Waals surface area contributed by atoms with Crippen molar-refractivity contribution in [1.82, 2.24) is 10.2 Å². The highest BCUT2D eigenvalue weighted by Crippen LogP contribution is 2.22. The van der Waals surface area contributed by atoms with E-state index in [0.717, 1.165) is 28.9 Å². The summed E-state index contributed by atoms with van der Waals surface area (Å²) in [5.74, 6) is 0.531. The molecule has 1 atom stereocenters. The van der Waals surface area contributed by atoms with E-state index >= 15 is 0 Å². The van der Waals surface area contributed by atoms with Gasteiger partial charge in [0, 0.05) is 35.2 Å². The molecule has 0 aliphatic rings. The largest absolute Gasteiger partial charge is 0.354 e.